The van der Waals surface area contributed by atoms with Crippen LogP contribution in [0.4, 0.5) is 5.69 Å². The predicted molar refractivity (Wildman–Crippen MR) is 67.6 cm³/mol. The topological polar surface area (TPSA) is 64.1 Å². The van der Waals surface area contributed by atoms with E-state index in [0.717, 1.165) is 22.5 Å². The molecule has 3 rings (SSSR count). The van der Waals surface area contributed by atoms with Gasteiger partial charge in [-0.15, -0.1) is 0 Å². The summed E-state index contributed by atoms with van der Waals surface area (Å²) in [5.74, 6) is 0.762. The minimum absolute atomic E-state index is 0.00884. The Morgan fingerprint density at radius 1 is 1.35 bits per heavy atom. The van der Waals surface area contributed by atoms with Crippen LogP contribution in [0.15, 0.2) is 18.2 Å². The Labute approximate surface area is 100 Å². The molecule has 1 aromatic heterocycles. The van der Waals surface area contributed by atoms with E-state index in [1.54, 1.807) is 0 Å². The molecule has 90 valence electrons. The van der Waals surface area contributed by atoms with Crippen LogP contribution in [0.1, 0.15) is 37.5 Å². The number of fused-ring (bicyclic) bond motifs is 1. The van der Waals surface area contributed by atoms with E-state index < -0.39 is 0 Å². The second kappa shape index (κ2) is 4.04. The molecule has 1 aliphatic rings. The van der Waals surface area contributed by atoms with Crippen molar-refractivity contribution in [3.05, 3.63) is 24.0 Å². The average Bonchev–Trinajstić information content (AvgIpc) is 2.93. The van der Waals surface area contributed by atoms with Crippen LogP contribution in [0.25, 0.3) is 11.0 Å². The summed E-state index contributed by atoms with van der Waals surface area (Å²) in [5, 5.41) is 9.43. The number of imidazole rings is 1. The van der Waals surface area contributed by atoms with E-state index in [4.69, 9.17) is 5.73 Å². The number of nitrogens with two attached hydrogens (primary N) is 1. The Hall–Kier alpha value is -1.55. The van der Waals surface area contributed by atoms with Crippen LogP contribution in [0.3, 0.4) is 0 Å². The fraction of sp³-hybridized carbons (Fsp3) is 0.462. The normalized spacial score (nSPS) is 17.0. The molecule has 0 unspecified atom stereocenters. The molecule has 1 saturated carbocycles. The molecule has 0 aliphatic heterocycles. The average molecular weight is 231 g/mol. The molecule has 0 amide bonds. The highest BCUT2D eigenvalue weighted by Gasteiger charge is 2.22. The zero-order valence-corrected chi connectivity index (χ0v) is 9.76. The molecule has 3 N–H and O–H groups in total. The Bertz CT molecular complexity index is 541. The molecule has 0 radical (unpaired) electrons. The molecule has 2 aromatic rings. The van der Waals surface area contributed by atoms with Crippen LogP contribution < -0.4 is 5.73 Å². The highest BCUT2D eigenvalue weighted by molar-refractivity contribution is 5.79. The van der Waals surface area contributed by atoms with Crippen LogP contribution in [-0.2, 0) is 6.61 Å². The van der Waals surface area contributed by atoms with E-state index in [1.807, 2.05) is 18.2 Å². The summed E-state index contributed by atoms with van der Waals surface area (Å²) in [6.45, 7) is -0.00884. The van der Waals surface area contributed by atoms with E-state index >= 15 is 0 Å². The number of hydrogen-bond donors (Lipinski definition) is 2. The lowest BCUT2D eigenvalue weighted by Crippen LogP contribution is -2.09. The van der Waals surface area contributed by atoms with Gasteiger partial charge in [-0.1, -0.05) is 12.8 Å². The number of aromatic nitrogens is 2. The minimum atomic E-state index is -0.00884. The zero-order valence-electron chi connectivity index (χ0n) is 9.76. The maximum Gasteiger partial charge on any atom is 0.135 e. The first-order valence-electron chi connectivity index (χ1n) is 6.17. The van der Waals surface area contributed by atoms with Gasteiger partial charge in [0.1, 0.15) is 12.4 Å². The summed E-state index contributed by atoms with van der Waals surface area (Å²) in [5.41, 5.74) is 8.47. The summed E-state index contributed by atoms with van der Waals surface area (Å²) in [6, 6.07) is 6.27. The van der Waals surface area contributed by atoms with Crippen LogP contribution in [0.2, 0.25) is 0 Å². The molecule has 1 aliphatic carbocycles. The smallest absolute Gasteiger partial charge is 0.135 e. The molecule has 0 atom stereocenters. The Balaban J connectivity index is 2.19. The van der Waals surface area contributed by atoms with Crippen molar-refractivity contribution in [3.8, 4) is 0 Å². The van der Waals surface area contributed by atoms with Gasteiger partial charge < -0.3 is 15.4 Å². The summed E-state index contributed by atoms with van der Waals surface area (Å²) in [4.78, 5) is 4.47. The first-order valence-corrected chi connectivity index (χ1v) is 6.17. The van der Waals surface area contributed by atoms with Crippen molar-refractivity contribution in [1.82, 2.24) is 9.55 Å². The fourth-order valence-electron chi connectivity index (χ4n) is 2.85. The van der Waals surface area contributed by atoms with Gasteiger partial charge in [0.2, 0.25) is 0 Å². The Kier molecular flexibility index (Phi) is 2.52. The lowest BCUT2D eigenvalue weighted by atomic mass is 10.2. The molecule has 1 heterocycles. The van der Waals surface area contributed by atoms with Gasteiger partial charge in [0.25, 0.3) is 0 Å². The van der Waals surface area contributed by atoms with Crippen molar-refractivity contribution in [2.45, 2.75) is 38.3 Å². The number of aliphatic hydroxyl groups excluding tert-OH is 1. The molecule has 0 bridgehead atoms. The van der Waals surface area contributed by atoms with Gasteiger partial charge in [0, 0.05) is 11.7 Å². The summed E-state index contributed by atoms with van der Waals surface area (Å²) in [6.07, 6.45) is 4.90. The maximum atomic E-state index is 9.43. The largest absolute Gasteiger partial charge is 0.399 e. The third-order valence-corrected chi connectivity index (χ3v) is 3.62. The Morgan fingerprint density at radius 2 is 2.12 bits per heavy atom. The van der Waals surface area contributed by atoms with Gasteiger partial charge in [-0.2, -0.15) is 0 Å². The highest BCUT2D eigenvalue weighted by Crippen LogP contribution is 2.34. The third-order valence-electron chi connectivity index (χ3n) is 3.62. The van der Waals surface area contributed by atoms with Crippen LogP contribution in [-0.4, -0.2) is 14.7 Å². The minimum Gasteiger partial charge on any atom is -0.399 e. The van der Waals surface area contributed by atoms with Crippen molar-refractivity contribution in [2.24, 2.45) is 0 Å². The number of nitrogens with zero attached hydrogens (tertiary/aromatic N) is 2. The van der Waals surface area contributed by atoms with Gasteiger partial charge in [0.05, 0.1) is 11.0 Å². The SMILES string of the molecule is Nc1ccc2c(c1)nc(CO)n2C1CCCC1. The molecule has 1 fully saturated rings. The fourth-order valence-corrected chi connectivity index (χ4v) is 2.85. The van der Waals surface area contributed by atoms with E-state index in [-0.39, 0.29) is 6.61 Å². The predicted octanol–water partition coefficient (Wildman–Crippen LogP) is 2.23. The van der Waals surface area contributed by atoms with Crippen LogP contribution in [0, 0.1) is 0 Å². The number of hydrogen-bond acceptors (Lipinski definition) is 3. The van der Waals surface area contributed by atoms with Crippen molar-refractivity contribution in [2.75, 3.05) is 5.73 Å². The molecule has 0 spiro atoms. The van der Waals surface area contributed by atoms with Crippen molar-refractivity contribution < 1.29 is 5.11 Å². The van der Waals surface area contributed by atoms with Crippen LogP contribution >= 0.6 is 0 Å². The van der Waals surface area contributed by atoms with Gasteiger partial charge in [0.15, 0.2) is 0 Å². The quantitative estimate of drug-likeness (QED) is 0.779. The number of anilines is 1. The third kappa shape index (κ3) is 1.69. The second-order valence-corrected chi connectivity index (χ2v) is 4.74. The molecular formula is C13H17N3O. The van der Waals surface area contributed by atoms with Crippen molar-refractivity contribution >= 4 is 16.7 Å². The summed E-state index contributed by atoms with van der Waals surface area (Å²) in [7, 11) is 0. The molecule has 4 heteroatoms. The van der Waals surface area contributed by atoms with Crippen LogP contribution in [0.5, 0.6) is 0 Å². The number of nitrogen functional groups attached to an aromatic ring is 1. The van der Waals surface area contributed by atoms with Crippen molar-refractivity contribution in [3.63, 3.8) is 0 Å². The maximum absolute atomic E-state index is 9.43. The molecule has 0 saturated heterocycles. The zero-order chi connectivity index (χ0) is 11.8. The second-order valence-electron chi connectivity index (χ2n) is 4.74. The van der Waals surface area contributed by atoms with Gasteiger partial charge in [-0.05, 0) is 31.0 Å². The van der Waals surface area contributed by atoms with Gasteiger partial charge in [-0.3, -0.25) is 0 Å². The number of aliphatic hydroxyl groups is 1. The van der Waals surface area contributed by atoms with E-state index in [0.29, 0.717) is 6.04 Å². The summed E-state index contributed by atoms with van der Waals surface area (Å²) >= 11 is 0. The van der Waals surface area contributed by atoms with Gasteiger partial charge in [-0.25, -0.2) is 4.98 Å². The molecular weight excluding hydrogens is 214 g/mol. The van der Waals surface area contributed by atoms with E-state index in [1.165, 1.54) is 25.7 Å². The van der Waals surface area contributed by atoms with E-state index in [9.17, 15) is 5.11 Å². The first-order chi connectivity index (χ1) is 8.29. The standard InChI is InChI=1S/C13H17N3O/c14-9-5-6-12-11(7-9)15-13(8-17)16(12)10-3-1-2-4-10/h5-7,10,17H,1-4,8,14H2. The lowest BCUT2D eigenvalue weighted by molar-refractivity contribution is 0.261. The molecule has 1 aromatic carbocycles. The molecule has 4 nitrogen and oxygen atoms in total. The lowest BCUT2D eigenvalue weighted by Gasteiger charge is -2.15. The number of rotatable bonds is 2. The molecule has 17 heavy (non-hydrogen) atoms. The van der Waals surface area contributed by atoms with Gasteiger partial charge >= 0.3 is 0 Å². The van der Waals surface area contributed by atoms with E-state index in [2.05, 4.69) is 9.55 Å². The highest BCUT2D eigenvalue weighted by atomic mass is 16.3. The monoisotopic (exact) mass is 231 g/mol. The Morgan fingerprint density at radius 3 is 2.82 bits per heavy atom. The first kappa shape index (κ1) is 10.6. The number of benzene rings is 1. The summed E-state index contributed by atoms with van der Waals surface area (Å²) < 4.78 is 2.20. The van der Waals surface area contributed by atoms with Crippen molar-refractivity contribution in [1.29, 1.82) is 0 Å².